The number of amides is 2. The Morgan fingerprint density at radius 3 is 2.50 bits per heavy atom. The van der Waals surface area contributed by atoms with Gasteiger partial charge in [0.25, 0.3) is 11.6 Å². The molecule has 0 aromatic heterocycles. The molecular formula is C33H35N5O4. The number of nitrogens with zero attached hydrogens (tertiary/aromatic N) is 3. The van der Waals surface area contributed by atoms with E-state index in [9.17, 15) is 19.7 Å². The molecule has 3 aliphatic heterocycles. The molecule has 0 spiro atoms. The van der Waals surface area contributed by atoms with E-state index < -0.39 is 4.92 Å². The number of carbonyl (C=O) groups excluding carboxylic acids is 2. The number of carbonyl (C=O) groups is 2. The molecule has 0 saturated carbocycles. The summed E-state index contributed by atoms with van der Waals surface area (Å²) in [5, 5.41) is 18.0. The van der Waals surface area contributed by atoms with Gasteiger partial charge in [-0.2, -0.15) is 0 Å². The van der Waals surface area contributed by atoms with Gasteiger partial charge in [-0.25, -0.2) is 0 Å². The first-order valence-electron chi connectivity index (χ1n) is 14.7. The number of fused-ring (bicyclic) bond motifs is 2. The van der Waals surface area contributed by atoms with E-state index in [4.69, 9.17) is 0 Å². The SMILES string of the molecule is CC(=O)N1CCc2cc(N/C(=C3\C(=O)Nc4ccc([N+](=O)[O-])cc43)c3ccc(CCN4CCCCC4)cc3)ccc2C1. The van der Waals surface area contributed by atoms with Crippen LogP contribution < -0.4 is 10.6 Å². The summed E-state index contributed by atoms with van der Waals surface area (Å²) in [6.45, 7) is 6.18. The molecule has 3 aromatic rings. The van der Waals surface area contributed by atoms with Gasteiger partial charge in [0.15, 0.2) is 0 Å². The van der Waals surface area contributed by atoms with E-state index in [1.807, 2.05) is 29.2 Å². The minimum Gasteiger partial charge on any atom is -0.354 e. The van der Waals surface area contributed by atoms with Gasteiger partial charge in [0, 0.05) is 55.6 Å². The Kier molecular flexibility index (Phi) is 7.75. The van der Waals surface area contributed by atoms with Crippen molar-refractivity contribution in [3.8, 4) is 0 Å². The van der Waals surface area contributed by atoms with E-state index in [1.165, 1.54) is 37.0 Å². The fourth-order valence-corrected chi connectivity index (χ4v) is 6.15. The second-order valence-corrected chi connectivity index (χ2v) is 11.3. The highest BCUT2D eigenvalue weighted by atomic mass is 16.6. The lowest BCUT2D eigenvalue weighted by atomic mass is 9.97. The molecule has 1 saturated heterocycles. The van der Waals surface area contributed by atoms with Crippen molar-refractivity contribution in [3.05, 3.63) is 98.6 Å². The summed E-state index contributed by atoms with van der Waals surface area (Å²) >= 11 is 0. The predicted octanol–water partition coefficient (Wildman–Crippen LogP) is 5.46. The van der Waals surface area contributed by atoms with Gasteiger partial charge in [0.05, 0.1) is 16.2 Å². The summed E-state index contributed by atoms with van der Waals surface area (Å²) in [7, 11) is 0. The van der Waals surface area contributed by atoms with Crippen LogP contribution in [0.2, 0.25) is 0 Å². The van der Waals surface area contributed by atoms with Crippen LogP contribution in [0, 0.1) is 10.1 Å². The second kappa shape index (κ2) is 11.8. The number of hydrogen-bond donors (Lipinski definition) is 2. The third-order valence-electron chi connectivity index (χ3n) is 8.55. The van der Waals surface area contributed by atoms with Crippen molar-refractivity contribution < 1.29 is 14.5 Å². The molecule has 3 aliphatic rings. The maximum absolute atomic E-state index is 13.4. The molecule has 9 nitrogen and oxygen atoms in total. The van der Waals surface area contributed by atoms with Crippen LogP contribution in [-0.2, 0) is 29.0 Å². The molecule has 0 unspecified atom stereocenters. The van der Waals surface area contributed by atoms with E-state index in [2.05, 4.69) is 33.7 Å². The predicted molar refractivity (Wildman–Crippen MR) is 164 cm³/mol. The van der Waals surface area contributed by atoms with Gasteiger partial charge in [-0.3, -0.25) is 19.7 Å². The number of benzene rings is 3. The first-order chi connectivity index (χ1) is 20.4. The monoisotopic (exact) mass is 565 g/mol. The Balaban J connectivity index is 1.35. The Bertz CT molecular complexity index is 1570. The van der Waals surface area contributed by atoms with Crippen molar-refractivity contribution in [2.24, 2.45) is 0 Å². The van der Waals surface area contributed by atoms with E-state index in [-0.39, 0.29) is 17.5 Å². The van der Waals surface area contributed by atoms with Crippen LogP contribution in [-0.4, -0.2) is 52.7 Å². The topological polar surface area (TPSA) is 108 Å². The highest BCUT2D eigenvalue weighted by Crippen LogP contribution is 2.39. The summed E-state index contributed by atoms with van der Waals surface area (Å²) in [4.78, 5) is 40.7. The fraction of sp³-hybridized carbons (Fsp3) is 0.333. The van der Waals surface area contributed by atoms with Gasteiger partial charge in [0.1, 0.15) is 0 Å². The highest BCUT2D eigenvalue weighted by molar-refractivity contribution is 6.37. The Morgan fingerprint density at radius 1 is 0.976 bits per heavy atom. The third-order valence-corrected chi connectivity index (χ3v) is 8.55. The van der Waals surface area contributed by atoms with Gasteiger partial charge in [-0.05, 0) is 79.2 Å². The van der Waals surface area contributed by atoms with Crippen molar-refractivity contribution in [3.63, 3.8) is 0 Å². The lowest BCUT2D eigenvalue weighted by Crippen LogP contribution is -2.34. The van der Waals surface area contributed by atoms with Gasteiger partial charge in [0.2, 0.25) is 5.91 Å². The van der Waals surface area contributed by atoms with Crippen LogP contribution in [0.25, 0.3) is 11.3 Å². The zero-order chi connectivity index (χ0) is 29.2. The summed E-state index contributed by atoms with van der Waals surface area (Å²) in [5.41, 5.74) is 7.06. The normalized spacial score (nSPS) is 17.7. The number of nitrogens with one attached hydrogen (secondary N) is 2. The number of nitro benzene ring substituents is 1. The molecule has 2 N–H and O–H groups in total. The smallest absolute Gasteiger partial charge is 0.270 e. The summed E-state index contributed by atoms with van der Waals surface area (Å²) in [6, 6.07) is 18.7. The van der Waals surface area contributed by atoms with Crippen LogP contribution in [0.3, 0.4) is 0 Å². The van der Waals surface area contributed by atoms with Crippen LogP contribution in [0.4, 0.5) is 17.1 Å². The number of likely N-dealkylation sites (tertiary alicyclic amines) is 1. The van der Waals surface area contributed by atoms with E-state index in [0.717, 1.165) is 54.9 Å². The summed E-state index contributed by atoms with van der Waals surface area (Å²) < 4.78 is 0. The summed E-state index contributed by atoms with van der Waals surface area (Å²) in [6.07, 6.45) is 5.55. The lowest BCUT2D eigenvalue weighted by Gasteiger charge is -2.28. The number of piperidine rings is 1. The standard InChI is InChI=1S/C33H35N5O4/c1-22(39)37-18-14-25-19-27(10-9-26(25)21-37)34-32(31-29-20-28(38(41)42)11-12-30(29)35-33(31)40)24-7-5-23(6-8-24)13-17-36-15-3-2-4-16-36/h5-12,19-20,34H,2-4,13-18,21H2,1H3,(H,35,40)/b32-31-. The second-order valence-electron chi connectivity index (χ2n) is 11.3. The molecule has 2 amide bonds. The third kappa shape index (κ3) is 5.78. The van der Waals surface area contributed by atoms with Crippen molar-refractivity contribution in [2.45, 2.75) is 45.6 Å². The quantitative estimate of drug-likeness (QED) is 0.224. The maximum atomic E-state index is 13.4. The van der Waals surface area contributed by atoms with Crippen molar-refractivity contribution in [2.75, 3.05) is 36.8 Å². The number of rotatable bonds is 7. The molecule has 3 heterocycles. The van der Waals surface area contributed by atoms with Crippen LogP contribution in [0.15, 0.2) is 60.7 Å². The lowest BCUT2D eigenvalue weighted by molar-refractivity contribution is -0.384. The molecule has 0 bridgehead atoms. The maximum Gasteiger partial charge on any atom is 0.270 e. The van der Waals surface area contributed by atoms with Gasteiger partial charge in [-0.1, -0.05) is 36.8 Å². The van der Waals surface area contributed by atoms with Gasteiger partial charge >= 0.3 is 0 Å². The molecule has 1 fully saturated rings. The van der Waals surface area contributed by atoms with Crippen molar-refractivity contribution in [1.82, 2.24) is 9.80 Å². The first-order valence-corrected chi connectivity index (χ1v) is 14.7. The molecule has 0 radical (unpaired) electrons. The van der Waals surface area contributed by atoms with E-state index >= 15 is 0 Å². The number of hydrogen-bond acceptors (Lipinski definition) is 6. The molecule has 0 aliphatic carbocycles. The Morgan fingerprint density at radius 2 is 1.76 bits per heavy atom. The van der Waals surface area contributed by atoms with Crippen LogP contribution >= 0.6 is 0 Å². The number of non-ortho nitro benzene ring substituents is 1. The average Bonchev–Trinajstić information content (AvgIpc) is 3.33. The molecule has 216 valence electrons. The molecule has 42 heavy (non-hydrogen) atoms. The van der Waals surface area contributed by atoms with E-state index in [1.54, 1.807) is 13.0 Å². The van der Waals surface area contributed by atoms with Crippen molar-refractivity contribution >= 4 is 40.1 Å². The van der Waals surface area contributed by atoms with Crippen LogP contribution in [0.1, 0.15) is 54.0 Å². The van der Waals surface area contributed by atoms with Gasteiger partial charge in [-0.15, -0.1) is 0 Å². The van der Waals surface area contributed by atoms with Crippen molar-refractivity contribution in [1.29, 1.82) is 0 Å². The first kappa shape index (κ1) is 27.7. The average molecular weight is 566 g/mol. The molecule has 9 heteroatoms. The minimum atomic E-state index is -0.446. The summed E-state index contributed by atoms with van der Waals surface area (Å²) in [5.74, 6) is -0.244. The minimum absolute atomic E-state index is 0.0641. The Hall–Kier alpha value is -4.50. The number of anilines is 2. The largest absolute Gasteiger partial charge is 0.354 e. The molecular weight excluding hydrogens is 530 g/mol. The molecule has 0 atom stereocenters. The molecule has 6 rings (SSSR count). The zero-order valence-electron chi connectivity index (χ0n) is 23.8. The van der Waals surface area contributed by atoms with E-state index in [0.29, 0.717) is 35.6 Å². The molecule has 3 aromatic carbocycles. The van der Waals surface area contributed by atoms with Crippen LogP contribution in [0.5, 0.6) is 0 Å². The fourth-order valence-electron chi connectivity index (χ4n) is 6.15. The van der Waals surface area contributed by atoms with Gasteiger partial charge < -0.3 is 20.4 Å². The zero-order valence-corrected chi connectivity index (χ0v) is 23.8. The highest BCUT2D eigenvalue weighted by Gasteiger charge is 2.30. The Labute approximate surface area is 245 Å². The number of nitro groups is 1.